The van der Waals surface area contributed by atoms with Crippen molar-refractivity contribution in [2.24, 2.45) is 11.8 Å². The number of aliphatic hydroxyl groups excluding tert-OH is 1. The lowest BCUT2D eigenvalue weighted by Crippen LogP contribution is -2.02. The Labute approximate surface area is 88.5 Å². The predicted octanol–water partition coefficient (Wildman–Crippen LogP) is 2.35. The summed E-state index contributed by atoms with van der Waals surface area (Å²) in [4.78, 5) is 0. The molecule has 2 unspecified atom stereocenters. The summed E-state index contributed by atoms with van der Waals surface area (Å²) in [5.41, 5.74) is 0. The normalized spacial score (nSPS) is 24.7. The largest absolute Gasteiger partial charge is 0.492 e. The third-order valence-corrected chi connectivity index (χ3v) is 2.91. The molecular weight excluding hydrogens is 200 g/mol. The fraction of sp³-hybridized carbons (Fsp3) is 0.455. The van der Waals surface area contributed by atoms with Gasteiger partial charge in [0.15, 0.2) is 0 Å². The number of hydrogen-bond donors (Lipinski definition) is 1. The van der Waals surface area contributed by atoms with Crippen LogP contribution in [0.1, 0.15) is 6.42 Å². The Kier molecular flexibility index (Phi) is 2.94. The maximum absolute atomic E-state index is 8.85. The quantitative estimate of drug-likeness (QED) is 0.830. The number of rotatable bonds is 4. The first kappa shape index (κ1) is 9.81. The summed E-state index contributed by atoms with van der Waals surface area (Å²) in [6, 6.07) is 7.45. The molecule has 2 nitrogen and oxygen atoms in total. The topological polar surface area (TPSA) is 29.5 Å². The first-order valence-corrected chi connectivity index (χ1v) is 5.17. The van der Waals surface area contributed by atoms with E-state index in [1.54, 1.807) is 0 Å². The van der Waals surface area contributed by atoms with Crippen LogP contribution in [0.25, 0.3) is 0 Å². The van der Waals surface area contributed by atoms with E-state index < -0.39 is 0 Å². The Balaban J connectivity index is 1.84. The molecule has 0 saturated heterocycles. The molecule has 2 rings (SSSR count). The lowest BCUT2D eigenvalue weighted by molar-refractivity contribution is 0.243. The van der Waals surface area contributed by atoms with Crippen LogP contribution in [-0.4, -0.2) is 18.3 Å². The summed E-state index contributed by atoms with van der Waals surface area (Å²) in [6.07, 6.45) is 1.07. The van der Waals surface area contributed by atoms with Gasteiger partial charge in [-0.15, -0.1) is 0 Å². The van der Waals surface area contributed by atoms with Crippen molar-refractivity contribution in [2.75, 3.05) is 13.2 Å². The third kappa shape index (κ3) is 2.20. The minimum Gasteiger partial charge on any atom is -0.492 e. The van der Waals surface area contributed by atoms with Gasteiger partial charge in [0, 0.05) is 6.61 Å². The smallest absolute Gasteiger partial charge is 0.137 e. The molecule has 0 aromatic heterocycles. The molecule has 0 bridgehead atoms. The van der Waals surface area contributed by atoms with Crippen molar-refractivity contribution in [3.63, 3.8) is 0 Å². The van der Waals surface area contributed by atoms with Gasteiger partial charge in [-0.2, -0.15) is 0 Å². The standard InChI is InChI=1S/C11H13ClO2/c12-10-3-1-2-4-11(10)14-7-9-5-8(9)6-13/h1-4,8-9,13H,5-7H2. The fourth-order valence-corrected chi connectivity index (χ4v) is 1.69. The van der Waals surface area contributed by atoms with Crippen LogP contribution in [0.2, 0.25) is 5.02 Å². The molecule has 0 spiro atoms. The van der Waals surface area contributed by atoms with Crippen molar-refractivity contribution in [1.29, 1.82) is 0 Å². The molecule has 0 aliphatic heterocycles. The summed E-state index contributed by atoms with van der Waals surface area (Å²) in [7, 11) is 0. The minimum atomic E-state index is 0.274. The molecule has 3 heteroatoms. The summed E-state index contributed by atoms with van der Waals surface area (Å²) in [5.74, 6) is 1.69. The molecule has 1 aliphatic carbocycles. The molecule has 1 fully saturated rings. The van der Waals surface area contributed by atoms with E-state index in [2.05, 4.69) is 0 Å². The van der Waals surface area contributed by atoms with E-state index in [9.17, 15) is 0 Å². The molecule has 0 radical (unpaired) electrons. The van der Waals surface area contributed by atoms with Crippen LogP contribution in [0.15, 0.2) is 24.3 Å². The number of ether oxygens (including phenoxy) is 1. The van der Waals surface area contributed by atoms with Gasteiger partial charge in [0.05, 0.1) is 11.6 Å². The summed E-state index contributed by atoms with van der Waals surface area (Å²) >= 11 is 5.92. The molecule has 2 atom stereocenters. The van der Waals surface area contributed by atoms with Crippen molar-refractivity contribution in [2.45, 2.75) is 6.42 Å². The fourth-order valence-electron chi connectivity index (χ4n) is 1.50. The lowest BCUT2D eigenvalue weighted by atomic mass is 10.3. The van der Waals surface area contributed by atoms with Crippen LogP contribution in [0.4, 0.5) is 0 Å². The highest BCUT2D eigenvalue weighted by atomic mass is 35.5. The third-order valence-electron chi connectivity index (χ3n) is 2.59. The molecule has 1 aromatic carbocycles. The second-order valence-electron chi connectivity index (χ2n) is 3.68. The maximum Gasteiger partial charge on any atom is 0.137 e. The number of para-hydroxylation sites is 1. The molecule has 0 amide bonds. The summed E-state index contributed by atoms with van der Waals surface area (Å²) in [5, 5.41) is 9.49. The lowest BCUT2D eigenvalue weighted by Gasteiger charge is -2.06. The highest BCUT2D eigenvalue weighted by Gasteiger charge is 2.36. The average Bonchev–Trinajstić information content (AvgIpc) is 2.95. The zero-order valence-electron chi connectivity index (χ0n) is 7.82. The Bertz CT molecular complexity index is 314. The van der Waals surface area contributed by atoms with Crippen molar-refractivity contribution < 1.29 is 9.84 Å². The van der Waals surface area contributed by atoms with Crippen LogP contribution in [0.3, 0.4) is 0 Å². The van der Waals surface area contributed by atoms with E-state index in [-0.39, 0.29) is 6.61 Å². The second-order valence-corrected chi connectivity index (χ2v) is 4.09. The van der Waals surface area contributed by atoms with Crippen LogP contribution in [0.5, 0.6) is 5.75 Å². The van der Waals surface area contributed by atoms with Crippen molar-refractivity contribution >= 4 is 11.6 Å². The van der Waals surface area contributed by atoms with Gasteiger partial charge < -0.3 is 9.84 Å². The summed E-state index contributed by atoms with van der Waals surface area (Å²) < 4.78 is 5.55. The van der Waals surface area contributed by atoms with E-state index in [4.69, 9.17) is 21.4 Å². The number of benzene rings is 1. The van der Waals surface area contributed by atoms with Gasteiger partial charge in [-0.3, -0.25) is 0 Å². The molecule has 14 heavy (non-hydrogen) atoms. The highest BCUT2D eigenvalue weighted by molar-refractivity contribution is 6.32. The second kappa shape index (κ2) is 4.20. The zero-order chi connectivity index (χ0) is 9.97. The van der Waals surface area contributed by atoms with Gasteiger partial charge in [0.25, 0.3) is 0 Å². The molecule has 1 saturated carbocycles. The van der Waals surface area contributed by atoms with E-state index in [0.29, 0.717) is 23.5 Å². The Hall–Kier alpha value is -0.730. The first-order valence-electron chi connectivity index (χ1n) is 4.79. The van der Waals surface area contributed by atoms with Gasteiger partial charge in [-0.25, -0.2) is 0 Å². The van der Waals surface area contributed by atoms with Crippen LogP contribution < -0.4 is 4.74 Å². The van der Waals surface area contributed by atoms with E-state index in [0.717, 1.165) is 12.2 Å². The first-order chi connectivity index (χ1) is 6.81. The van der Waals surface area contributed by atoms with Gasteiger partial charge >= 0.3 is 0 Å². The Morgan fingerprint density at radius 2 is 2.14 bits per heavy atom. The van der Waals surface area contributed by atoms with Crippen molar-refractivity contribution in [3.8, 4) is 5.75 Å². The van der Waals surface area contributed by atoms with Crippen LogP contribution in [0, 0.1) is 11.8 Å². The molecule has 1 N–H and O–H groups in total. The van der Waals surface area contributed by atoms with Crippen LogP contribution >= 0.6 is 11.6 Å². The summed E-state index contributed by atoms with van der Waals surface area (Å²) in [6.45, 7) is 0.936. The monoisotopic (exact) mass is 212 g/mol. The maximum atomic E-state index is 8.85. The Morgan fingerprint density at radius 1 is 1.36 bits per heavy atom. The van der Waals surface area contributed by atoms with Crippen LogP contribution in [-0.2, 0) is 0 Å². The molecule has 0 heterocycles. The number of hydrogen-bond acceptors (Lipinski definition) is 2. The van der Waals surface area contributed by atoms with Crippen molar-refractivity contribution in [1.82, 2.24) is 0 Å². The SMILES string of the molecule is OCC1CC1COc1ccccc1Cl. The molecule has 1 aromatic rings. The molecule has 1 aliphatic rings. The number of aliphatic hydroxyl groups is 1. The molecule has 76 valence electrons. The minimum absolute atomic E-state index is 0.274. The predicted molar refractivity (Wildman–Crippen MR) is 55.6 cm³/mol. The van der Waals surface area contributed by atoms with E-state index >= 15 is 0 Å². The zero-order valence-corrected chi connectivity index (χ0v) is 8.57. The number of halogens is 1. The van der Waals surface area contributed by atoms with E-state index in [1.807, 2.05) is 24.3 Å². The van der Waals surface area contributed by atoms with Crippen molar-refractivity contribution in [3.05, 3.63) is 29.3 Å². The highest BCUT2D eigenvalue weighted by Crippen LogP contribution is 2.38. The average molecular weight is 213 g/mol. The van der Waals surface area contributed by atoms with Gasteiger partial charge in [0.1, 0.15) is 5.75 Å². The van der Waals surface area contributed by atoms with E-state index in [1.165, 1.54) is 0 Å². The van der Waals surface area contributed by atoms with Gasteiger partial charge in [-0.05, 0) is 30.4 Å². The molecular formula is C11H13ClO2. The van der Waals surface area contributed by atoms with Gasteiger partial charge in [-0.1, -0.05) is 23.7 Å². The Morgan fingerprint density at radius 3 is 2.79 bits per heavy atom. The van der Waals surface area contributed by atoms with Gasteiger partial charge in [0.2, 0.25) is 0 Å².